The normalized spacial score (nSPS) is 11.0. The zero-order valence-corrected chi connectivity index (χ0v) is 21.4. The number of halogens is 1. The molecular weight excluding hydrogens is 493 g/mol. The molecule has 0 unspecified atom stereocenters. The Kier molecular flexibility index (Phi) is 7.29. The van der Waals surface area contributed by atoms with E-state index in [1.165, 1.54) is 23.4 Å². The average Bonchev–Trinajstić information content (AvgIpc) is 3.52. The van der Waals surface area contributed by atoms with Gasteiger partial charge in [-0.2, -0.15) is 0 Å². The number of nitrogens with zero attached hydrogens (tertiary/aromatic N) is 4. The molecule has 9 heteroatoms. The van der Waals surface area contributed by atoms with Crippen LogP contribution in [0.15, 0.2) is 83.3 Å². The van der Waals surface area contributed by atoms with Crippen LogP contribution in [-0.4, -0.2) is 26.4 Å². The van der Waals surface area contributed by atoms with Crippen molar-refractivity contribution in [3.05, 3.63) is 95.3 Å². The Bertz CT molecular complexity index is 1450. The Morgan fingerprint density at radius 1 is 1.00 bits per heavy atom. The molecule has 5 aromatic rings. The topological polar surface area (TPSA) is 64.9 Å². The number of ether oxygens (including phenoxy) is 1. The minimum Gasteiger partial charge on any atom is -0.494 e. The molecule has 36 heavy (non-hydrogen) atoms. The molecule has 5 rings (SSSR count). The van der Waals surface area contributed by atoms with Gasteiger partial charge < -0.3 is 10.1 Å². The Balaban J connectivity index is 1.39. The monoisotopic (exact) mass is 517 g/mol. The Morgan fingerprint density at radius 2 is 1.78 bits per heavy atom. The minimum atomic E-state index is -0.343. The zero-order chi connectivity index (χ0) is 24.9. The van der Waals surface area contributed by atoms with Gasteiger partial charge in [0.2, 0.25) is 0 Å². The first kappa shape index (κ1) is 24.0. The largest absolute Gasteiger partial charge is 0.494 e. The van der Waals surface area contributed by atoms with E-state index in [4.69, 9.17) is 9.72 Å². The molecule has 182 valence electrons. The number of para-hydroxylation sites is 1. The van der Waals surface area contributed by atoms with Crippen LogP contribution in [0.2, 0.25) is 0 Å². The Hall–Kier alpha value is -3.69. The van der Waals surface area contributed by atoms with E-state index in [0.717, 1.165) is 27.8 Å². The number of thiazole rings is 1. The maximum Gasteiger partial charge on any atom is 0.196 e. The van der Waals surface area contributed by atoms with Crippen LogP contribution >= 0.6 is 23.1 Å². The molecule has 0 fully saturated rings. The molecule has 0 saturated heterocycles. The van der Waals surface area contributed by atoms with Crippen molar-refractivity contribution in [1.29, 1.82) is 0 Å². The van der Waals surface area contributed by atoms with Crippen molar-refractivity contribution in [1.82, 2.24) is 19.7 Å². The highest BCUT2D eigenvalue weighted by atomic mass is 32.2. The molecule has 0 atom stereocenters. The summed E-state index contributed by atoms with van der Waals surface area (Å²) < 4.78 is 22.2. The summed E-state index contributed by atoms with van der Waals surface area (Å²) in [6.07, 6.45) is 0. The van der Waals surface area contributed by atoms with Gasteiger partial charge in [-0.15, -0.1) is 21.5 Å². The second kappa shape index (κ2) is 10.9. The van der Waals surface area contributed by atoms with E-state index in [-0.39, 0.29) is 5.82 Å². The smallest absolute Gasteiger partial charge is 0.196 e. The molecular formula is C27H24FN5OS2. The van der Waals surface area contributed by atoms with Crippen LogP contribution in [0.4, 0.5) is 15.2 Å². The van der Waals surface area contributed by atoms with Crippen LogP contribution in [-0.2, 0) is 5.75 Å². The van der Waals surface area contributed by atoms with Crippen LogP contribution in [0.25, 0.3) is 17.1 Å². The molecule has 6 nitrogen and oxygen atoms in total. The predicted octanol–water partition coefficient (Wildman–Crippen LogP) is 7.27. The van der Waals surface area contributed by atoms with Crippen molar-refractivity contribution in [2.45, 2.75) is 24.8 Å². The third kappa shape index (κ3) is 5.42. The number of nitrogens with one attached hydrogen (secondary N) is 1. The zero-order valence-electron chi connectivity index (χ0n) is 19.8. The number of rotatable bonds is 9. The van der Waals surface area contributed by atoms with Crippen LogP contribution < -0.4 is 10.1 Å². The fourth-order valence-corrected chi connectivity index (χ4v) is 5.27. The molecule has 0 amide bonds. The second-order valence-corrected chi connectivity index (χ2v) is 9.77. The molecule has 0 spiro atoms. The fourth-order valence-electron chi connectivity index (χ4n) is 3.60. The molecule has 2 heterocycles. The first-order valence-electron chi connectivity index (χ1n) is 11.4. The van der Waals surface area contributed by atoms with Crippen LogP contribution in [0.3, 0.4) is 0 Å². The summed E-state index contributed by atoms with van der Waals surface area (Å²) in [4.78, 5) is 4.70. The maximum atomic E-state index is 14.9. The highest BCUT2D eigenvalue weighted by Gasteiger charge is 2.19. The Morgan fingerprint density at radius 3 is 2.53 bits per heavy atom. The number of aryl methyl sites for hydroxylation is 1. The first-order chi connectivity index (χ1) is 17.6. The van der Waals surface area contributed by atoms with Crippen LogP contribution in [0.1, 0.15) is 18.2 Å². The average molecular weight is 518 g/mol. The number of aromatic nitrogens is 4. The number of benzene rings is 3. The van der Waals surface area contributed by atoms with Gasteiger partial charge in [-0.05, 0) is 62.4 Å². The van der Waals surface area contributed by atoms with E-state index < -0.39 is 0 Å². The number of anilines is 2. The van der Waals surface area contributed by atoms with Gasteiger partial charge in [0.1, 0.15) is 11.6 Å². The molecule has 0 aliphatic heterocycles. The van der Waals surface area contributed by atoms with Gasteiger partial charge in [-0.25, -0.2) is 9.37 Å². The standard InChI is InChI=1S/C27H24FN5OS2/c1-3-34-22-14-10-19(11-15-22)25-31-32-27(33(25)24-7-5-4-6-23(24)28)36-17-21-16-35-26(30-21)29-20-12-8-18(2)9-13-20/h4-16H,3,17H2,1-2H3,(H,29,30). The SMILES string of the molecule is CCOc1ccc(-c2nnc(SCc3csc(Nc4ccc(C)cc4)n3)n2-c2ccccc2F)cc1. The predicted molar refractivity (Wildman–Crippen MR) is 144 cm³/mol. The van der Waals surface area contributed by atoms with Gasteiger partial charge in [-0.1, -0.05) is 41.6 Å². The van der Waals surface area contributed by atoms with E-state index in [2.05, 4.69) is 34.6 Å². The van der Waals surface area contributed by atoms with E-state index in [1.807, 2.05) is 48.7 Å². The summed E-state index contributed by atoms with van der Waals surface area (Å²) in [5.74, 6) is 1.56. The van der Waals surface area contributed by atoms with Crippen molar-refractivity contribution < 1.29 is 9.13 Å². The van der Waals surface area contributed by atoms with E-state index in [0.29, 0.717) is 29.0 Å². The lowest BCUT2D eigenvalue weighted by Gasteiger charge is -2.11. The minimum absolute atomic E-state index is 0.343. The molecule has 0 bridgehead atoms. The van der Waals surface area contributed by atoms with Crippen molar-refractivity contribution in [2.75, 3.05) is 11.9 Å². The maximum absolute atomic E-state index is 14.9. The lowest BCUT2D eigenvalue weighted by molar-refractivity contribution is 0.340. The van der Waals surface area contributed by atoms with Gasteiger partial charge in [0.05, 0.1) is 18.0 Å². The van der Waals surface area contributed by atoms with Gasteiger partial charge in [0, 0.05) is 22.4 Å². The first-order valence-corrected chi connectivity index (χ1v) is 13.3. The molecule has 0 radical (unpaired) electrons. The Labute approximate surface area is 217 Å². The van der Waals surface area contributed by atoms with Crippen molar-refractivity contribution in [2.24, 2.45) is 0 Å². The van der Waals surface area contributed by atoms with Crippen molar-refractivity contribution in [3.63, 3.8) is 0 Å². The van der Waals surface area contributed by atoms with Crippen molar-refractivity contribution in [3.8, 4) is 22.8 Å². The quantitative estimate of drug-likeness (QED) is 0.207. The molecule has 0 saturated carbocycles. The summed E-state index contributed by atoms with van der Waals surface area (Å²) in [6, 6.07) is 22.4. The molecule has 2 aromatic heterocycles. The molecule has 1 N–H and O–H groups in total. The van der Waals surface area contributed by atoms with Crippen LogP contribution in [0.5, 0.6) is 5.75 Å². The van der Waals surface area contributed by atoms with E-state index in [1.54, 1.807) is 34.1 Å². The van der Waals surface area contributed by atoms with E-state index in [9.17, 15) is 4.39 Å². The van der Waals surface area contributed by atoms with Crippen LogP contribution in [0, 0.1) is 12.7 Å². The summed E-state index contributed by atoms with van der Waals surface area (Å²) in [7, 11) is 0. The second-order valence-electron chi connectivity index (χ2n) is 7.97. The summed E-state index contributed by atoms with van der Waals surface area (Å²) >= 11 is 3.01. The van der Waals surface area contributed by atoms with Gasteiger partial charge in [0.25, 0.3) is 0 Å². The van der Waals surface area contributed by atoms with Gasteiger partial charge in [0.15, 0.2) is 16.1 Å². The molecule has 0 aliphatic carbocycles. The third-order valence-corrected chi connectivity index (χ3v) is 7.12. The number of hydrogen-bond donors (Lipinski definition) is 1. The highest BCUT2D eigenvalue weighted by Crippen LogP contribution is 2.32. The third-order valence-electron chi connectivity index (χ3n) is 5.35. The fraction of sp³-hybridized carbons (Fsp3) is 0.148. The summed E-state index contributed by atoms with van der Waals surface area (Å²) in [6.45, 7) is 4.59. The highest BCUT2D eigenvalue weighted by molar-refractivity contribution is 7.98. The summed E-state index contributed by atoms with van der Waals surface area (Å²) in [5, 5.41) is 15.6. The lowest BCUT2D eigenvalue weighted by atomic mass is 10.2. The number of thioether (sulfide) groups is 1. The lowest BCUT2D eigenvalue weighted by Crippen LogP contribution is -2.02. The van der Waals surface area contributed by atoms with Gasteiger partial charge >= 0.3 is 0 Å². The number of hydrogen-bond acceptors (Lipinski definition) is 7. The van der Waals surface area contributed by atoms with E-state index >= 15 is 0 Å². The van der Waals surface area contributed by atoms with Gasteiger partial charge in [-0.3, -0.25) is 4.57 Å². The van der Waals surface area contributed by atoms with Crippen molar-refractivity contribution >= 4 is 33.9 Å². The molecule has 3 aromatic carbocycles. The summed E-state index contributed by atoms with van der Waals surface area (Å²) in [5.41, 5.74) is 4.33. The molecule has 0 aliphatic rings.